The molecule has 0 bridgehead atoms. The molecule has 0 heterocycles. The van der Waals surface area contributed by atoms with E-state index in [1.807, 2.05) is 13.8 Å². The molecule has 0 aliphatic rings. The van der Waals surface area contributed by atoms with Crippen molar-refractivity contribution in [3.05, 3.63) is 28.8 Å². The summed E-state index contributed by atoms with van der Waals surface area (Å²) < 4.78 is 10.2. The molecule has 1 rings (SSSR count). The third-order valence-corrected chi connectivity index (χ3v) is 2.42. The van der Waals surface area contributed by atoms with Crippen molar-refractivity contribution in [1.82, 2.24) is 0 Å². The molecular weight excluding hydrogens is 204 g/mol. The van der Waals surface area contributed by atoms with Crippen LogP contribution in [0.4, 0.5) is 0 Å². The Morgan fingerprint density at radius 2 is 1.81 bits per heavy atom. The number of aryl methyl sites for hydroxylation is 2. The van der Waals surface area contributed by atoms with Gasteiger partial charge in [-0.2, -0.15) is 0 Å². The lowest BCUT2D eigenvalue weighted by Crippen LogP contribution is -2.04. The van der Waals surface area contributed by atoms with E-state index in [9.17, 15) is 4.79 Å². The van der Waals surface area contributed by atoms with Gasteiger partial charge < -0.3 is 9.47 Å². The SMILES string of the molecule is COc1c(C)cc(CCOC(C)=O)cc1C. The molecule has 0 radical (unpaired) electrons. The third kappa shape index (κ3) is 3.26. The maximum Gasteiger partial charge on any atom is 0.302 e. The minimum absolute atomic E-state index is 0.234. The van der Waals surface area contributed by atoms with Gasteiger partial charge in [0.25, 0.3) is 0 Å². The lowest BCUT2D eigenvalue weighted by molar-refractivity contribution is -0.140. The molecule has 0 saturated heterocycles. The van der Waals surface area contributed by atoms with Crippen molar-refractivity contribution in [3.63, 3.8) is 0 Å². The zero-order chi connectivity index (χ0) is 12.1. The fraction of sp³-hybridized carbons (Fsp3) is 0.462. The molecule has 0 aliphatic heterocycles. The van der Waals surface area contributed by atoms with E-state index in [0.29, 0.717) is 6.61 Å². The van der Waals surface area contributed by atoms with E-state index in [-0.39, 0.29) is 5.97 Å². The molecule has 88 valence electrons. The van der Waals surface area contributed by atoms with Crippen molar-refractivity contribution in [1.29, 1.82) is 0 Å². The first-order chi connectivity index (χ1) is 7.54. The molecular formula is C13H18O3. The Balaban J connectivity index is 2.72. The average molecular weight is 222 g/mol. The molecule has 1 aromatic carbocycles. The topological polar surface area (TPSA) is 35.5 Å². The zero-order valence-electron chi connectivity index (χ0n) is 10.3. The van der Waals surface area contributed by atoms with Crippen LogP contribution in [0.1, 0.15) is 23.6 Å². The first kappa shape index (κ1) is 12.6. The van der Waals surface area contributed by atoms with Crippen molar-refractivity contribution < 1.29 is 14.3 Å². The molecule has 0 spiro atoms. The summed E-state index contributed by atoms with van der Waals surface area (Å²) >= 11 is 0. The molecule has 0 unspecified atom stereocenters. The molecule has 3 heteroatoms. The van der Waals surface area contributed by atoms with E-state index in [1.165, 1.54) is 6.92 Å². The quantitative estimate of drug-likeness (QED) is 0.734. The van der Waals surface area contributed by atoms with Crippen LogP contribution in [0.2, 0.25) is 0 Å². The van der Waals surface area contributed by atoms with Crippen molar-refractivity contribution in [2.45, 2.75) is 27.2 Å². The summed E-state index contributed by atoms with van der Waals surface area (Å²) in [4.78, 5) is 10.6. The summed E-state index contributed by atoms with van der Waals surface area (Å²) in [6, 6.07) is 4.13. The van der Waals surface area contributed by atoms with Gasteiger partial charge in [-0.1, -0.05) is 12.1 Å². The highest BCUT2D eigenvalue weighted by Crippen LogP contribution is 2.24. The Bertz CT molecular complexity index is 360. The van der Waals surface area contributed by atoms with E-state index in [4.69, 9.17) is 9.47 Å². The standard InChI is InChI=1S/C13H18O3/c1-9-7-12(5-6-16-11(3)14)8-10(2)13(9)15-4/h7-8H,5-6H2,1-4H3. The van der Waals surface area contributed by atoms with E-state index < -0.39 is 0 Å². The number of methoxy groups -OCH3 is 1. The van der Waals surface area contributed by atoms with Crippen molar-refractivity contribution in [2.75, 3.05) is 13.7 Å². The van der Waals surface area contributed by atoms with Crippen LogP contribution in [-0.2, 0) is 16.0 Å². The summed E-state index contributed by atoms with van der Waals surface area (Å²) in [6.07, 6.45) is 0.741. The molecule has 0 amide bonds. The molecule has 0 atom stereocenters. The monoisotopic (exact) mass is 222 g/mol. The van der Waals surface area contributed by atoms with Crippen molar-refractivity contribution in [2.24, 2.45) is 0 Å². The number of hydrogen-bond donors (Lipinski definition) is 0. The van der Waals surface area contributed by atoms with E-state index in [2.05, 4.69) is 12.1 Å². The van der Waals surface area contributed by atoms with Crippen molar-refractivity contribution in [3.8, 4) is 5.75 Å². The van der Waals surface area contributed by atoms with E-state index in [0.717, 1.165) is 28.9 Å². The van der Waals surface area contributed by atoms with Gasteiger partial charge in [0, 0.05) is 13.3 Å². The number of carbonyl (C=O) groups is 1. The third-order valence-electron chi connectivity index (χ3n) is 2.42. The van der Waals surface area contributed by atoms with Gasteiger partial charge in [-0.05, 0) is 30.5 Å². The normalized spacial score (nSPS) is 10.0. The highest BCUT2D eigenvalue weighted by atomic mass is 16.5. The summed E-state index contributed by atoms with van der Waals surface area (Å²) in [5.41, 5.74) is 3.39. The maximum absolute atomic E-state index is 10.6. The smallest absolute Gasteiger partial charge is 0.302 e. The Kier molecular flexibility index (Phi) is 4.35. The number of rotatable bonds is 4. The average Bonchev–Trinajstić information content (AvgIpc) is 2.16. The molecule has 0 aromatic heterocycles. The summed E-state index contributed by atoms with van der Waals surface area (Å²) in [5, 5.41) is 0. The minimum Gasteiger partial charge on any atom is -0.496 e. The Hall–Kier alpha value is -1.51. The van der Waals surface area contributed by atoms with Gasteiger partial charge in [-0.3, -0.25) is 4.79 Å². The van der Waals surface area contributed by atoms with Gasteiger partial charge >= 0.3 is 5.97 Å². The first-order valence-electron chi connectivity index (χ1n) is 5.32. The lowest BCUT2D eigenvalue weighted by Gasteiger charge is -2.11. The Morgan fingerprint density at radius 3 is 2.25 bits per heavy atom. The van der Waals surface area contributed by atoms with Crippen LogP contribution in [-0.4, -0.2) is 19.7 Å². The van der Waals surface area contributed by atoms with Crippen LogP contribution in [0, 0.1) is 13.8 Å². The lowest BCUT2D eigenvalue weighted by atomic mass is 10.0. The molecule has 3 nitrogen and oxygen atoms in total. The van der Waals surface area contributed by atoms with Crippen LogP contribution in [0.15, 0.2) is 12.1 Å². The van der Waals surface area contributed by atoms with Crippen LogP contribution < -0.4 is 4.74 Å². The van der Waals surface area contributed by atoms with Crippen LogP contribution in [0.25, 0.3) is 0 Å². The van der Waals surface area contributed by atoms with Crippen molar-refractivity contribution >= 4 is 5.97 Å². The molecule has 0 saturated carbocycles. The number of hydrogen-bond acceptors (Lipinski definition) is 3. The zero-order valence-corrected chi connectivity index (χ0v) is 10.3. The second kappa shape index (κ2) is 5.54. The number of ether oxygens (including phenoxy) is 2. The fourth-order valence-corrected chi connectivity index (χ4v) is 1.82. The first-order valence-corrected chi connectivity index (χ1v) is 5.32. The molecule has 16 heavy (non-hydrogen) atoms. The maximum atomic E-state index is 10.6. The summed E-state index contributed by atoms with van der Waals surface area (Å²) in [7, 11) is 1.67. The van der Waals surface area contributed by atoms with Crippen LogP contribution >= 0.6 is 0 Å². The molecule has 1 aromatic rings. The van der Waals surface area contributed by atoms with Crippen LogP contribution in [0.3, 0.4) is 0 Å². The number of carbonyl (C=O) groups excluding carboxylic acids is 1. The molecule has 0 aliphatic carbocycles. The Morgan fingerprint density at radius 1 is 1.25 bits per heavy atom. The highest BCUT2D eigenvalue weighted by molar-refractivity contribution is 5.65. The summed E-state index contributed by atoms with van der Waals surface area (Å²) in [6.45, 7) is 5.88. The second-order valence-electron chi connectivity index (χ2n) is 3.85. The fourth-order valence-electron chi connectivity index (χ4n) is 1.82. The highest BCUT2D eigenvalue weighted by Gasteiger charge is 2.05. The number of esters is 1. The van der Waals surface area contributed by atoms with Gasteiger partial charge in [-0.25, -0.2) is 0 Å². The molecule has 0 N–H and O–H groups in total. The summed E-state index contributed by atoms with van der Waals surface area (Å²) in [5.74, 6) is 0.693. The second-order valence-corrected chi connectivity index (χ2v) is 3.85. The Labute approximate surface area is 96.4 Å². The van der Waals surface area contributed by atoms with Gasteiger partial charge in [0.2, 0.25) is 0 Å². The van der Waals surface area contributed by atoms with Gasteiger partial charge in [-0.15, -0.1) is 0 Å². The minimum atomic E-state index is -0.234. The number of benzene rings is 1. The van der Waals surface area contributed by atoms with E-state index >= 15 is 0 Å². The van der Waals surface area contributed by atoms with E-state index in [1.54, 1.807) is 7.11 Å². The van der Waals surface area contributed by atoms with Gasteiger partial charge in [0.1, 0.15) is 5.75 Å². The predicted octanol–water partition coefficient (Wildman–Crippen LogP) is 2.42. The van der Waals surface area contributed by atoms with Crippen LogP contribution in [0.5, 0.6) is 5.75 Å². The molecule has 0 fully saturated rings. The predicted molar refractivity (Wildman–Crippen MR) is 62.8 cm³/mol. The van der Waals surface area contributed by atoms with Gasteiger partial charge in [0.05, 0.1) is 13.7 Å². The largest absolute Gasteiger partial charge is 0.496 e. The van der Waals surface area contributed by atoms with Gasteiger partial charge in [0.15, 0.2) is 0 Å².